The van der Waals surface area contributed by atoms with Crippen molar-refractivity contribution in [1.82, 2.24) is 0 Å². The number of ether oxygens (including phenoxy) is 1. The van der Waals surface area contributed by atoms with Gasteiger partial charge in [0.15, 0.2) is 0 Å². The van der Waals surface area contributed by atoms with Crippen molar-refractivity contribution >= 4 is 0 Å². The van der Waals surface area contributed by atoms with Gasteiger partial charge in [-0.05, 0) is 25.7 Å². The van der Waals surface area contributed by atoms with Crippen LogP contribution >= 0.6 is 0 Å². The Labute approximate surface area is 69.1 Å². The highest BCUT2D eigenvalue weighted by atomic mass is 16.5. The second-order valence-corrected chi connectivity index (χ2v) is 3.52. The summed E-state index contributed by atoms with van der Waals surface area (Å²) in [5.41, 5.74) is 6.06. The SMILES string of the molecule is CCC[C@H](N)C1(OC)CCC1. The summed E-state index contributed by atoms with van der Waals surface area (Å²) < 4.78 is 5.46. The molecule has 1 aliphatic rings. The third-order valence-electron chi connectivity index (χ3n) is 2.88. The summed E-state index contributed by atoms with van der Waals surface area (Å²) in [6.07, 6.45) is 5.85. The zero-order valence-corrected chi connectivity index (χ0v) is 7.60. The Balaban J connectivity index is 2.40. The van der Waals surface area contributed by atoms with Crippen LogP contribution in [0, 0.1) is 0 Å². The normalized spacial score (nSPS) is 24.3. The van der Waals surface area contributed by atoms with E-state index < -0.39 is 0 Å². The fourth-order valence-electron chi connectivity index (χ4n) is 1.83. The lowest BCUT2D eigenvalue weighted by molar-refractivity contribution is -0.0914. The number of nitrogens with two attached hydrogens (primary N) is 1. The molecule has 0 aromatic heterocycles. The summed E-state index contributed by atoms with van der Waals surface area (Å²) in [4.78, 5) is 0. The summed E-state index contributed by atoms with van der Waals surface area (Å²) in [6, 6.07) is 0.256. The number of hydrogen-bond donors (Lipinski definition) is 1. The van der Waals surface area contributed by atoms with Gasteiger partial charge in [-0.25, -0.2) is 0 Å². The first-order valence-corrected chi connectivity index (χ1v) is 4.56. The summed E-state index contributed by atoms with van der Waals surface area (Å²) in [5.74, 6) is 0. The molecule has 2 nitrogen and oxygen atoms in total. The topological polar surface area (TPSA) is 35.2 Å². The molecule has 0 aromatic carbocycles. The van der Waals surface area contributed by atoms with Crippen LogP contribution in [0.5, 0.6) is 0 Å². The van der Waals surface area contributed by atoms with E-state index in [0.717, 1.165) is 25.7 Å². The van der Waals surface area contributed by atoms with Crippen LogP contribution in [0.1, 0.15) is 39.0 Å². The largest absolute Gasteiger partial charge is 0.377 e. The van der Waals surface area contributed by atoms with Crippen LogP contribution in [0.15, 0.2) is 0 Å². The molecule has 1 aliphatic carbocycles. The first kappa shape index (κ1) is 9.01. The fraction of sp³-hybridized carbons (Fsp3) is 1.00. The Kier molecular flexibility index (Phi) is 2.90. The predicted octanol–water partition coefficient (Wildman–Crippen LogP) is 1.68. The van der Waals surface area contributed by atoms with Crippen LogP contribution in [0.25, 0.3) is 0 Å². The molecule has 0 heterocycles. The van der Waals surface area contributed by atoms with Crippen molar-refractivity contribution in [2.75, 3.05) is 7.11 Å². The van der Waals surface area contributed by atoms with Gasteiger partial charge in [0, 0.05) is 13.2 Å². The van der Waals surface area contributed by atoms with Gasteiger partial charge in [0.05, 0.1) is 5.60 Å². The molecule has 0 bridgehead atoms. The van der Waals surface area contributed by atoms with E-state index in [0.29, 0.717) is 0 Å². The minimum atomic E-state index is 0.0516. The molecular weight excluding hydrogens is 138 g/mol. The van der Waals surface area contributed by atoms with Gasteiger partial charge in [0.2, 0.25) is 0 Å². The van der Waals surface area contributed by atoms with E-state index in [1.807, 2.05) is 0 Å². The molecule has 1 rings (SSSR count). The van der Waals surface area contributed by atoms with Gasteiger partial charge >= 0.3 is 0 Å². The maximum atomic E-state index is 6.01. The van der Waals surface area contributed by atoms with Gasteiger partial charge in [0.25, 0.3) is 0 Å². The second-order valence-electron chi connectivity index (χ2n) is 3.52. The number of hydrogen-bond acceptors (Lipinski definition) is 2. The van der Waals surface area contributed by atoms with E-state index in [1.165, 1.54) is 6.42 Å². The predicted molar refractivity (Wildman–Crippen MR) is 46.5 cm³/mol. The van der Waals surface area contributed by atoms with Crippen molar-refractivity contribution in [1.29, 1.82) is 0 Å². The van der Waals surface area contributed by atoms with Crippen LogP contribution in [-0.2, 0) is 4.74 Å². The second kappa shape index (κ2) is 3.55. The first-order chi connectivity index (χ1) is 5.25. The van der Waals surface area contributed by atoms with Gasteiger partial charge in [-0.3, -0.25) is 0 Å². The zero-order chi connectivity index (χ0) is 8.32. The Bertz CT molecular complexity index is 115. The summed E-state index contributed by atoms with van der Waals surface area (Å²) >= 11 is 0. The third-order valence-corrected chi connectivity index (χ3v) is 2.88. The lowest BCUT2D eigenvalue weighted by Crippen LogP contribution is -2.54. The van der Waals surface area contributed by atoms with Crippen molar-refractivity contribution < 1.29 is 4.74 Å². The molecule has 0 spiro atoms. The van der Waals surface area contributed by atoms with E-state index in [-0.39, 0.29) is 11.6 Å². The summed E-state index contributed by atoms with van der Waals surface area (Å²) in [5, 5.41) is 0. The summed E-state index contributed by atoms with van der Waals surface area (Å²) in [7, 11) is 1.79. The van der Waals surface area contributed by atoms with E-state index >= 15 is 0 Å². The molecule has 11 heavy (non-hydrogen) atoms. The molecule has 1 atom stereocenters. The molecule has 0 aromatic rings. The Morgan fingerprint density at radius 1 is 1.55 bits per heavy atom. The lowest BCUT2D eigenvalue weighted by atomic mass is 9.73. The van der Waals surface area contributed by atoms with E-state index in [9.17, 15) is 0 Å². The molecule has 2 N–H and O–H groups in total. The van der Waals surface area contributed by atoms with Gasteiger partial charge in [-0.15, -0.1) is 0 Å². The highest BCUT2D eigenvalue weighted by Gasteiger charge is 2.41. The lowest BCUT2D eigenvalue weighted by Gasteiger charge is -2.45. The average molecular weight is 157 g/mol. The monoisotopic (exact) mass is 157 g/mol. The molecule has 0 unspecified atom stereocenters. The molecular formula is C9H19NO. The molecule has 2 heteroatoms. The van der Waals surface area contributed by atoms with Crippen LogP contribution in [0.2, 0.25) is 0 Å². The van der Waals surface area contributed by atoms with Crippen molar-refractivity contribution in [3.8, 4) is 0 Å². The molecule has 0 aliphatic heterocycles. The third kappa shape index (κ3) is 1.57. The minimum Gasteiger partial charge on any atom is -0.377 e. The molecule has 66 valence electrons. The summed E-state index contributed by atoms with van der Waals surface area (Å²) in [6.45, 7) is 2.17. The van der Waals surface area contributed by atoms with Gasteiger partial charge in [-0.2, -0.15) is 0 Å². The first-order valence-electron chi connectivity index (χ1n) is 4.56. The number of methoxy groups -OCH3 is 1. The van der Waals surface area contributed by atoms with Gasteiger partial charge in [0.1, 0.15) is 0 Å². The smallest absolute Gasteiger partial charge is 0.0828 e. The number of rotatable bonds is 4. The molecule has 0 radical (unpaired) electrons. The Morgan fingerprint density at radius 2 is 2.18 bits per heavy atom. The van der Waals surface area contributed by atoms with Crippen molar-refractivity contribution in [2.45, 2.75) is 50.7 Å². The highest BCUT2D eigenvalue weighted by molar-refractivity contribution is 4.97. The average Bonchev–Trinajstić information content (AvgIpc) is 1.87. The molecule has 1 saturated carbocycles. The van der Waals surface area contributed by atoms with Crippen molar-refractivity contribution in [3.63, 3.8) is 0 Å². The van der Waals surface area contributed by atoms with Crippen LogP contribution < -0.4 is 5.73 Å². The molecule has 0 amide bonds. The standard InChI is InChI=1S/C9H19NO/c1-3-5-8(10)9(11-2)6-4-7-9/h8H,3-7,10H2,1-2H3/t8-/m0/s1. The van der Waals surface area contributed by atoms with E-state index in [4.69, 9.17) is 10.5 Å². The Morgan fingerprint density at radius 3 is 2.45 bits per heavy atom. The zero-order valence-electron chi connectivity index (χ0n) is 7.60. The van der Waals surface area contributed by atoms with Crippen molar-refractivity contribution in [3.05, 3.63) is 0 Å². The maximum absolute atomic E-state index is 6.01. The van der Waals surface area contributed by atoms with Crippen molar-refractivity contribution in [2.24, 2.45) is 5.73 Å². The van der Waals surface area contributed by atoms with E-state index in [2.05, 4.69) is 6.92 Å². The van der Waals surface area contributed by atoms with Crippen LogP contribution in [-0.4, -0.2) is 18.8 Å². The molecule has 1 fully saturated rings. The quantitative estimate of drug-likeness (QED) is 0.674. The van der Waals surface area contributed by atoms with Gasteiger partial charge < -0.3 is 10.5 Å². The minimum absolute atomic E-state index is 0.0516. The highest BCUT2D eigenvalue weighted by Crippen LogP contribution is 2.38. The van der Waals surface area contributed by atoms with Gasteiger partial charge in [-0.1, -0.05) is 13.3 Å². The van der Waals surface area contributed by atoms with Crippen LogP contribution in [0.3, 0.4) is 0 Å². The maximum Gasteiger partial charge on any atom is 0.0828 e. The van der Waals surface area contributed by atoms with Crippen LogP contribution in [0.4, 0.5) is 0 Å². The fourth-order valence-corrected chi connectivity index (χ4v) is 1.83. The Hall–Kier alpha value is -0.0800. The van der Waals surface area contributed by atoms with E-state index in [1.54, 1.807) is 7.11 Å². The molecule has 0 saturated heterocycles.